The first-order chi connectivity index (χ1) is 14.0. The highest BCUT2D eigenvalue weighted by Crippen LogP contribution is 2.45. The molecule has 0 amide bonds. The molecule has 2 aliphatic heterocycles. The number of nitrogens with zero attached hydrogens (tertiary/aromatic N) is 3. The molecular formula is C18H18Cl3N5O3S. The standard InChI is InChI=1S/C18H17Cl2N5O3S.ClH/c19-13-4-5-14(20)18-17(13)22-28-25(18)29(26,27)24-9-6-12-15(2-1-3-16(12)24)23-10-7-21-8-11-23;/h1-6,9,21-22H,7-8,10-11H2;1H. The number of benzene rings is 2. The molecule has 3 aromatic rings. The van der Waals surface area contributed by atoms with Crippen molar-refractivity contribution in [2.45, 2.75) is 0 Å². The van der Waals surface area contributed by atoms with Crippen LogP contribution in [0.5, 0.6) is 0 Å². The van der Waals surface area contributed by atoms with Crippen LogP contribution in [0.1, 0.15) is 0 Å². The van der Waals surface area contributed by atoms with E-state index in [9.17, 15) is 8.42 Å². The molecule has 0 bridgehead atoms. The van der Waals surface area contributed by atoms with Crippen LogP contribution >= 0.6 is 35.6 Å². The van der Waals surface area contributed by atoms with E-state index in [1.54, 1.807) is 18.2 Å². The van der Waals surface area contributed by atoms with E-state index in [1.807, 2.05) is 12.1 Å². The van der Waals surface area contributed by atoms with E-state index < -0.39 is 10.2 Å². The first-order valence-corrected chi connectivity index (χ1v) is 11.2. The summed E-state index contributed by atoms with van der Waals surface area (Å²) in [5.41, 5.74) is 4.55. The lowest BCUT2D eigenvalue weighted by molar-refractivity contribution is 0.228. The second-order valence-electron chi connectivity index (χ2n) is 6.74. The second-order valence-corrected chi connectivity index (χ2v) is 9.17. The molecule has 0 atom stereocenters. The maximum Gasteiger partial charge on any atom is 0.355 e. The Kier molecular flexibility index (Phi) is 5.69. The minimum atomic E-state index is -4.13. The van der Waals surface area contributed by atoms with Crippen molar-refractivity contribution < 1.29 is 13.4 Å². The second kappa shape index (κ2) is 7.99. The summed E-state index contributed by atoms with van der Waals surface area (Å²) < 4.78 is 28.8. The minimum Gasteiger partial charge on any atom is -0.368 e. The normalized spacial score (nSPS) is 16.3. The SMILES string of the molecule is Cl.O=S(=O)(N1ONc2c(Cl)ccc(Cl)c21)n1ccc2c(N3CCNCC3)cccc21. The average Bonchev–Trinajstić information content (AvgIpc) is 3.37. The third kappa shape index (κ3) is 3.26. The van der Waals surface area contributed by atoms with Gasteiger partial charge in [-0.15, -0.1) is 17.3 Å². The molecule has 5 rings (SSSR count). The molecule has 30 heavy (non-hydrogen) atoms. The Balaban J connectivity index is 0.00000218. The van der Waals surface area contributed by atoms with Gasteiger partial charge in [-0.05, 0) is 30.3 Å². The molecular weight excluding hydrogens is 473 g/mol. The number of aromatic nitrogens is 1. The third-order valence-electron chi connectivity index (χ3n) is 5.08. The molecule has 160 valence electrons. The molecule has 0 spiro atoms. The van der Waals surface area contributed by atoms with E-state index in [2.05, 4.69) is 15.7 Å². The first-order valence-electron chi connectivity index (χ1n) is 9.01. The van der Waals surface area contributed by atoms with Crippen LogP contribution in [0.2, 0.25) is 10.0 Å². The van der Waals surface area contributed by atoms with Gasteiger partial charge < -0.3 is 10.2 Å². The van der Waals surface area contributed by atoms with E-state index in [-0.39, 0.29) is 23.1 Å². The fourth-order valence-electron chi connectivity index (χ4n) is 3.70. The maximum atomic E-state index is 13.4. The van der Waals surface area contributed by atoms with Crippen molar-refractivity contribution in [3.05, 3.63) is 52.6 Å². The van der Waals surface area contributed by atoms with Crippen LogP contribution in [0.3, 0.4) is 0 Å². The lowest BCUT2D eigenvalue weighted by atomic mass is 10.2. The van der Waals surface area contributed by atoms with Crippen molar-refractivity contribution >= 4 is 73.8 Å². The third-order valence-corrected chi connectivity index (χ3v) is 7.19. The Hall–Kier alpha value is -1.88. The van der Waals surface area contributed by atoms with Gasteiger partial charge in [0.25, 0.3) is 0 Å². The summed E-state index contributed by atoms with van der Waals surface area (Å²) in [5.74, 6) is 0. The summed E-state index contributed by atoms with van der Waals surface area (Å²) in [6.45, 7) is 3.49. The van der Waals surface area contributed by atoms with Crippen LogP contribution in [-0.2, 0) is 15.1 Å². The maximum absolute atomic E-state index is 13.4. The van der Waals surface area contributed by atoms with Crippen molar-refractivity contribution in [3.63, 3.8) is 0 Å². The van der Waals surface area contributed by atoms with Crippen LogP contribution in [0.15, 0.2) is 42.6 Å². The smallest absolute Gasteiger partial charge is 0.355 e. The number of piperazine rings is 1. The van der Waals surface area contributed by atoms with E-state index in [4.69, 9.17) is 28.1 Å². The molecule has 2 aromatic carbocycles. The first kappa shape index (κ1) is 21.4. The number of nitrogens with one attached hydrogen (secondary N) is 2. The Morgan fingerprint density at radius 3 is 2.50 bits per heavy atom. The van der Waals surface area contributed by atoms with Crippen LogP contribution in [0.4, 0.5) is 17.1 Å². The zero-order valence-electron chi connectivity index (χ0n) is 15.5. The Bertz CT molecular complexity index is 1210. The van der Waals surface area contributed by atoms with Gasteiger partial charge in [-0.1, -0.05) is 33.7 Å². The Morgan fingerprint density at radius 2 is 1.73 bits per heavy atom. The molecule has 0 radical (unpaired) electrons. The number of halogens is 3. The Labute approximate surface area is 189 Å². The van der Waals surface area contributed by atoms with Gasteiger partial charge in [0.1, 0.15) is 11.4 Å². The topological polar surface area (TPSA) is 78.8 Å². The Morgan fingerprint density at radius 1 is 1.00 bits per heavy atom. The predicted molar refractivity (Wildman–Crippen MR) is 122 cm³/mol. The van der Waals surface area contributed by atoms with Gasteiger partial charge in [0.15, 0.2) is 0 Å². The molecule has 1 fully saturated rings. The minimum absolute atomic E-state index is 0. The zero-order valence-corrected chi connectivity index (χ0v) is 18.7. The van der Waals surface area contributed by atoms with Gasteiger partial charge in [0, 0.05) is 43.4 Å². The summed E-state index contributed by atoms with van der Waals surface area (Å²) in [7, 11) is -4.13. The lowest BCUT2D eigenvalue weighted by Crippen LogP contribution is -2.43. The van der Waals surface area contributed by atoms with Gasteiger partial charge in [0.2, 0.25) is 0 Å². The molecule has 8 nitrogen and oxygen atoms in total. The summed E-state index contributed by atoms with van der Waals surface area (Å²) in [4.78, 5) is 7.50. The highest BCUT2D eigenvalue weighted by molar-refractivity contribution is 7.91. The molecule has 0 saturated carbocycles. The van der Waals surface area contributed by atoms with Gasteiger partial charge in [0.05, 0.1) is 15.6 Å². The molecule has 3 heterocycles. The molecule has 12 heteroatoms. The van der Waals surface area contributed by atoms with Gasteiger partial charge >= 0.3 is 10.2 Å². The van der Waals surface area contributed by atoms with Crippen LogP contribution in [0.25, 0.3) is 10.9 Å². The van der Waals surface area contributed by atoms with Crippen LogP contribution < -0.4 is 20.2 Å². The van der Waals surface area contributed by atoms with E-state index in [1.165, 1.54) is 16.2 Å². The van der Waals surface area contributed by atoms with E-state index in [0.717, 1.165) is 41.7 Å². The van der Waals surface area contributed by atoms with E-state index in [0.29, 0.717) is 16.2 Å². The molecule has 2 N–H and O–H groups in total. The summed E-state index contributed by atoms with van der Waals surface area (Å²) >= 11 is 12.4. The van der Waals surface area contributed by atoms with Crippen molar-refractivity contribution in [1.82, 2.24) is 9.29 Å². The number of anilines is 3. The fraction of sp³-hybridized carbons (Fsp3) is 0.222. The molecule has 2 aliphatic rings. The predicted octanol–water partition coefficient (Wildman–Crippen LogP) is 3.65. The summed E-state index contributed by atoms with van der Waals surface area (Å²) in [5, 5.41) is 4.68. The molecule has 1 saturated heterocycles. The van der Waals surface area contributed by atoms with Gasteiger partial charge in [-0.3, -0.25) is 0 Å². The number of rotatable bonds is 3. The number of hydrogen-bond acceptors (Lipinski definition) is 6. The number of fused-ring (bicyclic) bond motifs is 2. The van der Waals surface area contributed by atoms with Gasteiger partial charge in [-0.2, -0.15) is 8.42 Å². The summed E-state index contributed by atoms with van der Waals surface area (Å²) in [6.07, 6.45) is 1.52. The van der Waals surface area contributed by atoms with Crippen molar-refractivity contribution in [1.29, 1.82) is 0 Å². The van der Waals surface area contributed by atoms with Crippen molar-refractivity contribution in [2.24, 2.45) is 0 Å². The lowest BCUT2D eigenvalue weighted by Gasteiger charge is -2.30. The highest BCUT2D eigenvalue weighted by atomic mass is 35.5. The zero-order chi connectivity index (χ0) is 20.2. The fourth-order valence-corrected chi connectivity index (χ4v) is 5.51. The van der Waals surface area contributed by atoms with Crippen molar-refractivity contribution in [3.8, 4) is 0 Å². The molecule has 0 aliphatic carbocycles. The molecule has 1 aromatic heterocycles. The van der Waals surface area contributed by atoms with Gasteiger partial charge in [-0.25, -0.2) is 9.45 Å². The monoisotopic (exact) mass is 489 g/mol. The van der Waals surface area contributed by atoms with Crippen LogP contribution in [0, 0.1) is 0 Å². The largest absolute Gasteiger partial charge is 0.368 e. The quantitative estimate of drug-likeness (QED) is 0.583. The molecule has 0 unspecified atom stereocenters. The number of hydrogen-bond donors (Lipinski definition) is 2. The van der Waals surface area contributed by atoms with E-state index >= 15 is 0 Å². The van der Waals surface area contributed by atoms with Crippen molar-refractivity contribution in [2.75, 3.05) is 41.0 Å². The van der Waals surface area contributed by atoms with Crippen LogP contribution in [-0.4, -0.2) is 38.6 Å². The summed E-state index contributed by atoms with van der Waals surface area (Å²) in [6, 6.07) is 10.5. The highest BCUT2D eigenvalue weighted by Gasteiger charge is 2.37. The average molecular weight is 491 g/mol.